The fourth-order valence-electron chi connectivity index (χ4n) is 2.64. The van der Waals surface area contributed by atoms with Crippen molar-refractivity contribution in [2.45, 2.75) is 25.4 Å². The van der Waals surface area contributed by atoms with Crippen LogP contribution in [0.5, 0.6) is 0 Å². The van der Waals surface area contributed by atoms with E-state index in [9.17, 15) is 0 Å². The topological polar surface area (TPSA) is 41.0 Å². The summed E-state index contributed by atoms with van der Waals surface area (Å²) in [6.07, 6.45) is 6.38. The summed E-state index contributed by atoms with van der Waals surface area (Å²) in [5, 5.41) is 4.40. The standard InChI is InChI=1S/C15H20N4S/c1-16-12-5-4-8-19(10-12)11-13-9-18-15(20-13)14-6-2-3-7-17-14/h2-3,6-7,9,12,16H,4-5,8,10-11H2,1H3. The van der Waals surface area contributed by atoms with E-state index in [1.807, 2.05) is 30.6 Å². The van der Waals surface area contributed by atoms with Gasteiger partial charge in [-0.05, 0) is 38.6 Å². The number of likely N-dealkylation sites (N-methyl/N-ethyl adjacent to an activating group) is 1. The molecule has 1 atom stereocenters. The number of pyridine rings is 1. The van der Waals surface area contributed by atoms with E-state index in [1.54, 1.807) is 11.3 Å². The summed E-state index contributed by atoms with van der Waals surface area (Å²) >= 11 is 1.75. The third-order valence-corrected chi connectivity index (χ3v) is 4.74. The summed E-state index contributed by atoms with van der Waals surface area (Å²) in [4.78, 5) is 12.7. The number of thiazole rings is 1. The minimum absolute atomic E-state index is 0.631. The van der Waals surface area contributed by atoms with Crippen LogP contribution in [0.1, 0.15) is 17.7 Å². The number of hydrogen-bond donors (Lipinski definition) is 1. The molecule has 106 valence electrons. The normalized spacial score (nSPS) is 20.1. The van der Waals surface area contributed by atoms with Crippen molar-refractivity contribution in [3.63, 3.8) is 0 Å². The molecule has 1 N–H and O–H groups in total. The average molecular weight is 288 g/mol. The van der Waals surface area contributed by atoms with Crippen LogP contribution >= 0.6 is 11.3 Å². The first-order valence-electron chi connectivity index (χ1n) is 7.11. The van der Waals surface area contributed by atoms with Gasteiger partial charge >= 0.3 is 0 Å². The molecule has 2 aromatic rings. The highest BCUT2D eigenvalue weighted by Crippen LogP contribution is 2.24. The monoisotopic (exact) mass is 288 g/mol. The first kappa shape index (κ1) is 13.7. The van der Waals surface area contributed by atoms with Gasteiger partial charge < -0.3 is 5.32 Å². The molecule has 4 nitrogen and oxygen atoms in total. The molecule has 20 heavy (non-hydrogen) atoms. The maximum Gasteiger partial charge on any atom is 0.142 e. The highest BCUT2D eigenvalue weighted by atomic mass is 32.1. The molecule has 1 fully saturated rings. The van der Waals surface area contributed by atoms with Crippen LogP contribution in [-0.4, -0.2) is 41.0 Å². The van der Waals surface area contributed by atoms with Gasteiger partial charge in [-0.3, -0.25) is 9.88 Å². The lowest BCUT2D eigenvalue weighted by molar-refractivity contribution is 0.189. The number of hydrogen-bond acceptors (Lipinski definition) is 5. The Kier molecular flexibility index (Phi) is 4.40. The van der Waals surface area contributed by atoms with E-state index in [0.29, 0.717) is 6.04 Å². The zero-order valence-corrected chi connectivity index (χ0v) is 12.6. The van der Waals surface area contributed by atoms with E-state index < -0.39 is 0 Å². The van der Waals surface area contributed by atoms with Crippen molar-refractivity contribution in [3.05, 3.63) is 35.5 Å². The molecule has 0 spiro atoms. The largest absolute Gasteiger partial charge is 0.316 e. The molecular formula is C15H20N4S. The van der Waals surface area contributed by atoms with E-state index in [4.69, 9.17) is 0 Å². The lowest BCUT2D eigenvalue weighted by Gasteiger charge is -2.32. The zero-order chi connectivity index (χ0) is 13.8. The summed E-state index contributed by atoms with van der Waals surface area (Å²) in [7, 11) is 2.06. The fraction of sp³-hybridized carbons (Fsp3) is 0.467. The first-order valence-corrected chi connectivity index (χ1v) is 7.92. The number of likely N-dealkylation sites (tertiary alicyclic amines) is 1. The molecule has 1 saturated heterocycles. The molecular weight excluding hydrogens is 268 g/mol. The summed E-state index contributed by atoms with van der Waals surface area (Å²) in [6.45, 7) is 3.32. The van der Waals surface area contributed by atoms with Crippen LogP contribution in [0.25, 0.3) is 10.7 Å². The molecule has 1 aliphatic rings. The molecule has 0 amide bonds. The van der Waals surface area contributed by atoms with Crippen molar-refractivity contribution in [1.29, 1.82) is 0 Å². The minimum Gasteiger partial charge on any atom is -0.316 e. The Bertz CT molecular complexity index is 540. The molecule has 5 heteroatoms. The molecule has 2 aromatic heterocycles. The molecule has 0 bridgehead atoms. The van der Waals surface area contributed by atoms with Crippen molar-refractivity contribution >= 4 is 11.3 Å². The Labute approximate surface area is 123 Å². The SMILES string of the molecule is CNC1CCCN(Cc2cnc(-c3ccccn3)s2)C1. The third-order valence-electron chi connectivity index (χ3n) is 3.73. The second kappa shape index (κ2) is 6.43. The lowest BCUT2D eigenvalue weighted by Crippen LogP contribution is -2.43. The minimum atomic E-state index is 0.631. The molecule has 0 aliphatic carbocycles. The molecule has 1 unspecified atom stereocenters. The van der Waals surface area contributed by atoms with E-state index in [-0.39, 0.29) is 0 Å². The first-order chi connectivity index (χ1) is 9.85. The molecule has 0 saturated carbocycles. The molecule has 0 radical (unpaired) electrons. The van der Waals surface area contributed by atoms with Gasteiger partial charge in [0, 0.05) is 36.4 Å². The quantitative estimate of drug-likeness (QED) is 0.938. The predicted octanol–water partition coefficient (Wildman–Crippen LogP) is 2.39. The average Bonchev–Trinajstić information content (AvgIpc) is 2.97. The van der Waals surface area contributed by atoms with Gasteiger partial charge in [0.15, 0.2) is 0 Å². The second-order valence-electron chi connectivity index (χ2n) is 5.21. The number of nitrogens with one attached hydrogen (secondary N) is 1. The van der Waals surface area contributed by atoms with E-state index in [2.05, 4.69) is 27.2 Å². The van der Waals surface area contributed by atoms with E-state index in [1.165, 1.54) is 24.3 Å². The van der Waals surface area contributed by atoms with Gasteiger partial charge in [-0.1, -0.05) is 6.07 Å². The Morgan fingerprint density at radius 1 is 1.40 bits per heavy atom. The number of rotatable bonds is 4. The Hall–Kier alpha value is -1.30. The van der Waals surface area contributed by atoms with Gasteiger partial charge in [-0.2, -0.15) is 0 Å². The van der Waals surface area contributed by atoms with Crippen LogP contribution < -0.4 is 5.32 Å². The summed E-state index contributed by atoms with van der Waals surface area (Å²) in [6, 6.07) is 6.59. The predicted molar refractivity (Wildman–Crippen MR) is 82.7 cm³/mol. The van der Waals surface area contributed by atoms with Crippen LogP contribution in [0.15, 0.2) is 30.6 Å². The summed E-state index contributed by atoms with van der Waals surface area (Å²) in [5.41, 5.74) is 0.968. The van der Waals surface area contributed by atoms with Crippen LogP contribution in [-0.2, 0) is 6.54 Å². The van der Waals surface area contributed by atoms with Gasteiger partial charge in [-0.25, -0.2) is 4.98 Å². The summed E-state index contributed by atoms with van der Waals surface area (Å²) in [5.74, 6) is 0. The van der Waals surface area contributed by atoms with Crippen molar-refractivity contribution in [2.24, 2.45) is 0 Å². The number of aromatic nitrogens is 2. The molecule has 1 aliphatic heterocycles. The highest BCUT2D eigenvalue weighted by Gasteiger charge is 2.19. The van der Waals surface area contributed by atoms with Gasteiger partial charge in [0.25, 0.3) is 0 Å². The van der Waals surface area contributed by atoms with Gasteiger partial charge in [0.1, 0.15) is 5.01 Å². The Morgan fingerprint density at radius 3 is 3.15 bits per heavy atom. The van der Waals surface area contributed by atoms with Crippen LogP contribution in [0.2, 0.25) is 0 Å². The van der Waals surface area contributed by atoms with Crippen molar-refractivity contribution in [3.8, 4) is 10.7 Å². The van der Waals surface area contributed by atoms with Gasteiger partial charge in [0.2, 0.25) is 0 Å². The van der Waals surface area contributed by atoms with E-state index >= 15 is 0 Å². The van der Waals surface area contributed by atoms with Crippen molar-refractivity contribution in [2.75, 3.05) is 20.1 Å². The lowest BCUT2D eigenvalue weighted by atomic mass is 10.1. The Balaban J connectivity index is 1.65. The maximum absolute atomic E-state index is 4.50. The Morgan fingerprint density at radius 2 is 2.35 bits per heavy atom. The highest BCUT2D eigenvalue weighted by molar-refractivity contribution is 7.14. The van der Waals surface area contributed by atoms with Crippen LogP contribution in [0.4, 0.5) is 0 Å². The molecule has 0 aromatic carbocycles. The van der Waals surface area contributed by atoms with Crippen molar-refractivity contribution in [1.82, 2.24) is 20.2 Å². The third kappa shape index (κ3) is 3.23. The van der Waals surface area contributed by atoms with Crippen molar-refractivity contribution < 1.29 is 0 Å². The van der Waals surface area contributed by atoms with E-state index in [0.717, 1.165) is 23.8 Å². The van der Waals surface area contributed by atoms with Gasteiger partial charge in [-0.15, -0.1) is 11.3 Å². The second-order valence-corrected chi connectivity index (χ2v) is 6.32. The summed E-state index contributed by atoms with van der Waals surface area (Å²) < 4.78 is 0. The number of piperidine rings is 1. The van der Waals surface area contributed by atoms with Crippen LogP contribution in [0, 0.1) is 0 Å². The molecule has 3 heterocycles. The number of nitrogens with zero attached hydrogens (tertiary/aromatic N) is 3. The smallest absolute Gasteiger partial charge is 0.142 e. The zero-order valence-electron chi connectivity index (χ0n) is 11.7. The maximum atomic E-state index is 4.50. The molecule has 3 rings (SSSR count). The van der Waals surface area contributed by atoms with Crippen LogP contribution in [0.3, 0.4) is 0 Å². The fourth-order valence-corrected chi connectivity index (χ4v) is 3.58. The van der Waals surface area contributed by atoms with Gasteiger partial charge in [0.05, 0.1) is 5.69 Å².